The molecule has 0 radical (unpaired) electrons. The number of hydrogen-bond acceptors (Lipinski definition) is 4. The minimum atomic E-state index is -0.325. The number of pyridine rings is 1. The van der Waals surface area contributed by atoms with Crippen molar-refractivity contribution in [3.05, 3.63) is 66.3 Å². The van der Waals surface area contributed by atoms with E-state index >= 15 is 0 Å². The van der Waals surface area contributed by atoms with Crippen LogP contribution in [0.2, 0.25) is 0 Å². The van der Waals surface area contributed by atoms with E-state index in [1.807, 2.05) is 0 Å². The molecular weight excluding hydrogens is 297 g/mol. The summed E-state index contributed by atoms with van der Waals surface area (Å²) in [6, 6.07) is 11.0. The first-order valence-electron chi connectivity index (χ1n) is 6.72. The largest absolute Gasteiger partial charge is 0.441 e. The predicted molar refractivity (Wildman–Crippen MR) is 82.6 cm³/mol. The molecule has 114 valence electrons. The molecule has 7 heteroatoms. The number of benzene rings is 1. The molecule has 0 aliphatic rings. The molecule has 0 fully saturated rings. The molecule has 2 aromatic heterocycles. The van der Waals surface area contributed by atoms with E-state index in [2.05, 4.69) is 19.9 Å². The summed E-state index contributed by atoms with van der Waals surface area (Å²) in [7, 11) is 0. The average Bonchev–Trinajstić information content (AvgIpc) is 2.56. The molecule has 0 aliphatic carbocycles. The number of hydrogen-bond donors (Lipinski definition) is 2. The van der Waals surface area contributed by atoms with Gasteiger partial charge in [-0.25, -0.2) is 14.4 Å². The second-order valence-electron chi connectivity index (χ2n) is 4.50. The van der Waals surface area contributed by atoms with Gasteiger partial charge in [-0.05, 0) is 36.4 Å². The van der Waals surface area contributed by atoms with Gasteiger partial charge in [-0.15, -0.1) is 0 Å². The lowest BCUT2D eigenvalue weighted by atomic mass is 10.1. The maximum Gasteiger partial charge on any atom is 0.231 e. The molecule has 0 saturated heterocycles. The number of aromatic amines is 1. The van der Waals surface area contributed by atoms with Crippen LogP contribution in [-0.4, -0.2) is 21.3 Å². The van der Waals surface area contributed by atoms with E-state index in [0.717, 1.165) is 6.34 Å². The maximum atomic E-state index is 13.1. The van der Waals surface area contributed by atoms with E-state index in [0.29, 0.717) is 22.9 Å². The second-order valence-corrected chi connectivity index (χ2v) is 4.50. The Morgan fingerprint density at radius 2 is 1.87 bits per heavy atom. The van der Waals surface area contributed by atoms with Crippen molar-refractivity contribution < 1.29 is 9.13 Å². The zero-order valence-electron chi connectivity index (χ0n) is 11.9. The number of nitrogens with zero attached hydrogens (tertiary/aromatic N) is 3. The molecule has 0 bridgehead atoms. The Labute approximate surface area is 130 Å². The van der Waals surface area contributed by atoms with Gasteiger partial charge in [0.05, 0.1) is 5.69 Å². The summed E-state index contributed by atoms with van der Waals surface area (Å²) < 4.78 is 18.8. The van der Waals surface area contributed by atoms with Gasteiger partial charge < -0.3 is 4.74 Å². The third kappa shape index (κ3) is 3.65. The molecule has 3 rings (SSSR count). The van der Waals surface area contributed by atoms with E-state index in [9.17, 15) is 4.39 Å². The highest BCUT2D eigenvalue weighted by Gasteiger charge is 2.05. The maximum absolute atomic E-state index is 13.1. The molecular formula is C16H12FN5O. The smallest absolute Gasteiger partial charge is 0.231 e. The molecule has 23 heavy (non-hydrogen) atoms. The summed E-state index contributed by atoms with van der Waals surface area (Å²) in [5.41, 5.74) is 1.47. The van der Waals surface area contributed by atoms with Gasteiger partial charge in [0.1, 0.15) is 17.9 Å². The monoisotopic (exact) mass is 309 g/mol. The lowest BCUT2D eigenvalue weighted by molar-refractivity contribution is 0.458. The van der Waals surface area contributed by atoms with Crippen LogP contribution < -0.4 is 10.4 Å². The quantitative estimate of drug-likeness (QED) is 0.574. The number of nitrogens with one attached hydrogen (secondary N) is 2. The van der Waals surface area contributed by atoms with E-state index in [4.69, 9.17) is 10.1 Å². The van der Waals surface area contributed by atoms with Crippen LogP contribution in [0.3, 0.4) is 0 Å². The number of aromatic nitrogens is 3. The summed E-state index contributed by atoms with van der Waals surface area (Å²) in [4.78, 5) is 14.9. The highest BCUT2D eigenvalue weighted by atomic mass is 19.1. The molecule has 0 unspecified atom stereocenters. The molecule has 0 amide bonds. The first kappa shape index (κ1) is 14.6. The summed E-state index contributed by atoms with van der Waals surface area (Å²) in [6.07, 6.45) is 4.10. The predicted octanol–water partition coefficient (Wildman–Crippen LogP) is 2.91. The van der Waals surface area contributed by atoms with E-state index in [1.54, 1.807) is 42.7 Å². The highest BCUT2D eigenvalue weighted by molar-refractivity contribution is 5.60. The average molecular weight is 309 g/mol. The summed E-state index contributed by atoms with van der Waals surface area (Å²) >= 11 is 0. The van der Waals surface area contributed by atoms with Gasteiger partial charge in [-0.2, -0.15) is 0 Å². The Kier molecular flexibility index (Phi) is 4.19. The molecule has 0 saturated carbocycles. The standard InChI is InChI=1S/C16H12FN5O/c17-12-3-1-11(2-4-12)14-9-15(22-16(21-14)20-10-18)23-13-5-7-19-8-6-13/h1-10H,(H2,18,20,21,22). The number of rotatable bonds is 4. The van der Waals surface area contributed by atoms with Crippen molar-refractivity contribution in [2.24, 2.45) is 4.99 Å². The van der Waals surface area contributed by atoms with Crippen molar-refractivity contribution in [3.8, 4) is 22.9 Å². The summed E-state index contributed by atoms with van der Waals surface area (Å²) in [6.45, 7) is 0. The van der Waals surface area contributed by atoms with Gasteiger partial charge in [-0.3, -0.25) is 15.4 Å². The third-order valence-corrected chi connectivity index (χ3v) is 2.93. The molecule has 3 aromatic rings. The zero-order valence-corrected chi connectivity index (χ0v) is 11.9. The number of H-pyrrole nitrogens is 1. The lowest BCUT2D eigenvalue weighted by Crippen LogP contribution is -2.14. The van der Waals surface area contributed by atoms with Crippen molar-refractivity contribution in [2.75, 3.05) is 0 Å². The second kappa shape index (κ2) is 6.61. The van der Waals surface area contributed by atoms with Crippen LogP contribution in [0.25, 0.3) is 11.3 Å². The molecule has 0 atom stereocenters. The highest BCUT2D eigenvalue weighted by Crippen LogP contribution is 2.22. The van der Waals surface area contributed by atoms with Gasteiger partial charge in [0.2, 0.25) is 11.5 Å². The van der Waals surface area contributed by atoms with Crippen LogP contribution in [0.1, 0.15) is 0 Å². The molecule has 0 aliphatic heterocycles. The Morgan fingerprint density at radius 1 is 1.13 bits per heavy atom. The van der Waals surface area contributed by atoms with Gasteiger partial charge in [-0.1, -0.05) is 0 Å². The van der Waals surface area contributed by atoms with Gasteiger partial charge >= 0.3 is 0 Å². The minimum Gasteiger partial charge on any atom is -0.441 e. The van der Waals surface area contributed by atoms with Crippen LogP contribution in [0.4, 0.5) is 4.39 Å². The fourth-order valence-electron chi connectivity index (χ4n) is 1.92. The van der Waals surface area contributed by atoms with Crippen LogP contribution >= 0.6 is 0 Å². The van der Waals surface area contributed by atoms with E-state index in [-0.39, 0.29) is 11.4 Å². The van der Waals surface area contributed by atoms with Crippen molar-refractivity contribution in [2.45, 2.75) is 0 Å². The Morgan fingerprint density at radius 3 is 2.57 bits per heavy atom. The Bertz CT molecular complexity index is 875. The van der Waals surface area contributed by atoms with Crippen molar-refractivity contribution in [1.82, 2.24) is 15.0 Å². The zero-order chi connectivity index (χ0) is 16.1. The molecule has 6 nitrogen and oxygen atoms in total. The van der Waals surface area contributed by atoms with Crippen LogP contribution in [0, 0.1) is 11.2 Å². The fraction of sp³-hybridized carbons (Fsp3) is 0. The van der Waals surface area contributed by atoms with E-state index < -0.39 is 0 Å². The summed E-state index contributed by atoms with van der Waals surface area (Å²) in [5, 5.41) is 7.08. The SMILES string of the molecule is N=C/N=c1/nc(-c2ccc(F)cc2)cc(Oc2ccncc2)[nH]1. The topological polar surface area (TPSA) is 87.0 Å². The van der Waals surface area contributed by atoms with Crippen LogP contribution in [0.15, 0.2) is 59.9 Å². The first-order chi connectivity index (χ1) is 11.2. The van der Waals surface area contributed by atoms with Crippen molar-refractivity contribution >= 4 is 6.34 Å². The van der Waals surface area contributed by atoms with Crippen LogP contribution in [0.5, 0.6) is 11.6 Å². The third-order valence-electron chi connectivity index (χ3n) is 2.93. The Balaban J connectivity index is 2.04. The summed E-state index contributed by atoms with van der Waals surface area (Å²) in [5.74, 6) is 0.660. The Hall–Kier alpha value is -3.35. The van der Waals surface area contributed by atoms with Gasteiger partial charge in [0.25, 0.3) is 0 Å². The first-order valence-corrected chi connectivity index (χ1v) is 6.72. The minimum absolute atomic E-state index is 0.214. The van der Waals surface area contributed by atoms with Crippen molar-refractivity contribution in [1.29, 1.82) is 5.41 Å². The molecule has 1 aromatic carbocycles. The van der Waals surface area contributed by atoms with Gasteiger partial charge in [0.15, 0.2) is 0 Å². The van der Waals surface area contributed by atoms with Gasteiger partial charge in [0, 0.05) is 24.0 Å². The fourth-order valence-corrected chi connectivity index (χ4v) is 1.92. The van der Waals surface area contributed by atoms with E-state index in [1.165, 1.54) is 12.1 Å². The molecule has 2 N–H and O–H groups in total. The molecule has 2 heterocycles. The molecule has 0 spiro atoms. The number of halogens is 1. The lowest BCUT2D eigenvalue weighted by Gasteiger charge is -2.07. The van der Waals surface area contributed by atoms with Crippen molar-refractivity contribution in [3.63, 3.8) is 0 Å². The normalized spacial score (nSPS) is 11.3. The van der Waals surface area contributed by atoms with Crippen LogP contribution in [-0.2, 0) is 0 Å². The number of ether oxygens (including phenoxy) is 1.